The Bertz CT molecular complexity index is 1500. The van der Waals surface area contributed by atoms with E-state index in [1.807, 2.05) is 30.3 Å². The number of benzene rings is 4. The first-order valence-electron chi connectivity index (χ1n) is 12.5. The van der Waals surface area contributed by atoms with Crippen molar-refractivity contribution in [2.24, 2.45) is 5.41 Å². The van der Waals surface area contributed by atoms with Crippen molar-refractivity contribution in [3.05, 3.63) is 112 Å². The molecule has 40 heavy (non-hydrogen) atoms. The zero-order chi connectivity index (χ0) is 28.7. The Hall–Kier alpha value is -4.37. The molecule has 0 aliphatic carbocycles. The number of carbonyl (C=O) groups excluding carboxylic acids is 2. The number of methoxy groups -OCH3 is 2. The summed E-state index contributed by atoms with van der Waals surface area (Å²) < 4.78 is 16.0. The van der Waals surface area contributed by atoms with Crippen LogP contribution in [0.1, 0.15) is 24.0 Å². The van der Waals surface area contributed by atoms with E-state index in [-0.39, 0.29) is 6.61 Å². The van der Waals surface area contributed by atoms with Gasteiger partial charge in [0.15, 0.2) is 0 Å². The number of hydrogen-bond donors (Lipinski definition) is 0. The van der Waals surface area contributed by atoms with E-state index >= 15 is 0 Å². The van der Waals surface area contributed by atoms with Crippen molar-refractivity contribution in [3.63, 3.8) is 0 Å². The first-order chi connectivity index (χ1) is 19.2. The average molecular weight is 560 g/mol. The monoisotopic (exact) mass is 559 g/mol. The summed E-state index contributed by atoms with van der Waals surface area (Å²) in [6.07, 6.45) is 0. The van der Waals surface area contributed by atoms with Crippen LogP contribution < -0.4 is 9.47 Å². The predicted molar refractivity (Wildman–Crippen MR) is 153 cm³/mol. The highest BCUT2D eigenvalue weighted by Gasteiger charge is 2.52. The van der Waals surface area contributed by atoms with E-state index in [0.29, 0.717) is 27.5 Å². The Morgan fingerprint density at radius 1 is 0.875 bits per heavy atom. The average Bonchev–Trinajstić information content (AvgIpc) is 2.98. The zero-order valence-corrected chi connectivity index (χ0v) is 23.2. The molecule has 0 aliphatic rings. The molecule has 4 rings (SSSR count). The molecule has 4 aromatic carbocycles. The molecule has 9 heteroatoms. The van der Waals surface area contributed by atoms with Crippen molar-refractivity contribution >= 4 is 33.6 Å². The minimum atomic E-state index is -1.88. The molecule has 0 spiro atoms. The molecule has 0 amide bonds. The molecule has 0 aliphatic heterocycles. The molecule has 2 atom stereocenters. The van der Waals surface area contributed by atoms with Gasteiger partial charge in [-0.2, -0.15) is 0 Å². The van der Waals surface area contributed by atoms with E-state index < -0.39 is 33.9 Å². The van der Waals surface area contributed by atoms with Crippen LogP contribution >= 0.6 is 11.8 Å². The topological polar surface area (TPSA) is 105 Å². The fraction of sp³-hybridized carbons (Fsp3) is 0.226. The second-order valence-electron chi connectivity index (χ2n) is 9.37. The maximum atomic E-state index is 14.0. The highest BCUT2D eigenvalue weighted by Crippen LogP contribution is 2.44. The zero-order valence-electron chi connectivity index (χ0n) is 22.4. The Morgan fingerprint density at radius 3 is 2.08 bits per heavy atom. The third-order valence-electron chi connectivity index (χ3n) is 6.85. The standard InChI is InChI=1S/C31H29NO7S/c1-31(30(34)40-27-16-14-26(38-3)15-17-27,29(33)39-20-21-8-12-25(37-2)13-9-21)28(19-32(35)36)24-11-10-22-6-4-5-7-23(22)18-24/h4-18,28H,19-20H2,1-3H3. The minimum absolute atomic E-state index is 0.109. The van der Waals surface area contributed by atoms with Gasteiger partial charge in [-0.05, 0) is 65.2 Å². The van der Waals surface area contributed by atoms with Crippen LogP contribution in [-0.4, -0.2) is 36.8 Å². The van der Waals surface area contributed by atoms with Crippen LogP contribution in [0.3, 0.4) is 0 Å². The molecule has 0 fully saturated rings. The van der Waals surface area contributed by atoms with Crippen LogP contribution in [0.2, 0.25) is 0 Å². The van der Waals surface area contributed by atoms with E-state index in [0.717, 1.165) is 22.5 Å². The summed E-state index contributed by atoms with van der Waals surface area (Å²) in [5.74, 6) is -0.669. The van der Waals surface area contributed by atoms with E-state index in [1.165, 1.54) is 14.0 Å². The lowest BCUT2D eigenvalue weighted by atomic mass is 9.73. The maximum Gasteiger partial charge on any atom is 0.321 e. The Labute approximate surface area is 236 Å². The Morgan fingerprint density at radius 2 is 1.48 bits per heavy atom. The van der Waals surface area contributed by atoms with Crippen molar-refractivity contribution in [2.45, 2.75) is 24.3 Å². The van der Waals surface area contributed by atoms with Gasteiger partial charge in [-0.1, -0.05) is 66.4 Å². The first-order valence-corrected chi connectivity index (χ1v) is 13.3. The lowest BCUT2D eigenvalue weighted by Crippen LogP contribution is -2.44. The van der Waals surface area contributed by atoms with Crippen LogP contribution in [0, 0.1) is 15.5 Å². The number of thioether (sulfide) groups is 1. The summed E-state index contributed by atoms with van der Waals surface area (Å²) in [6.45, 7) is 0.689. The van der Waals surface area contributed by atoms with Crippen LogP contribution in [0.5, 0.6) is 11.5 Å². The van der Waals surface area contributed by atoms with Crippen molar-refractivity contribution in [1.82, 2.24) is 0 Å². The lowest BCUT2D eigenvalue weighted by Gasteiger charge is -2.32. The third-order valence-corrected chi connectivity index (χ3v) is 7.97. The van der Waals surface area contributed by atoms with Gasteiger partial charge < -0.3 is 14.2 Å². The fourth-order valence-corrected chi connectivity index (χ4v) is 5.36. The van der Waals surface area contributed by atoms with E-state index in [2.05, 4.69) is 0 Å². The highest BCUT2D eigenvalue weighted by molar-refractivity contribution is 8.13. The second-order valence-corrected chi connectivity index (χ2v) is 10.4. The van der Waals surface area contributed by atoms with Crippen LogP contribution in [0.4, 0.5) is 0 Å². The largest absolute Gasteiger partial charge is 0.497 e. The van der Waals surface area contributed by atoms with Gasteiger partial charge in [-0.15, -0.1) is 0 Å². The summed E-state index contributed by atoms with van der Waals surface area (Å²) >= 11 is 0.844. The predicted octanol–water partition coefficient (Wildman–Crippen LogP) is 6.29. The second kappa shape index (κ2) is 12.7. The van der Waals surface area contributed by atoms with E-state index in [9.17, 15) is 19.7 Å². The van der Waals surface area contributed by atoms with E-state index in [1.54, 1.807) is 67.8 Å². The number of rotatable bonds is 11. The summed E-state index contributed by atoms with van der Waals surface area (Å²) in [6, 6.07) is 26.7. The van der Waals surface area contributed by atoms with Crippen molar-refractivity contribution in [2.75, 3.05) is 20.8 Å². The Balaban J connectivity index is 1.73. The lowest BCUT2D eigenvalue weighted by molar-refractivity contribution is -0.485. The Kier molecular flexibility index (Phi) is 9.06. The first kappa shape index (κ1) is 28.6. The van der Waals surface area contributed by atoms with Gasteiger partial charge >= 0.3 is 5.97 Å². The highest BCUT2D eigenvalue weighted by atomic mass is 32.2. The van der Waals surface area contributed by atoms with Crippen molar-refractivity contribution in [3.8, 4) is 11.5 Å². The molecule has 0 N–H and O–H groups in total. The van der Waals surface area contributed by atoms with Gasteiger partial charge in [0.1, 0.15) is 23.5 Å². The molecular formula is C31H29NO7S. The molecule has 2 unspecified atom stereocenters. The summed E-state index contributed by atoms with van der Waals surface area (Å²) in [4.78, 5) is 39.8. The van der Waals surface area contributed by atoms with Gasteiger partial charge in [0.25, 0.3) is 0 Å². The minimum Gasteiger partial charge on any atom is -0.497 e. The third kappa shape index (κ3) is 6.43. The van der Waals surface area contributed by atoms with Gasteiger partial charge in [0.05, 0.1) is 20.1 Å². The SMILES string of the molecule is COc1ccc(COC(=O)C(C)(C(=O)Sc2ccc(OC)cc2)C(C[N+](=O)[O-])c2ccc3ccccc3c2)cc1. The number of nitro groups is 1. The van der Waals surface area contributed by atoms with E-state index in [4.69, 9.17) is 14.2 Å². The van der Waals surface area contributed by atoms with Crippen LogP contribution in [0.15, 0.2) is 95.9 Å². The fourth-order valence-electron chi connectivity index (χ4n) is 4.44. The van der Waals surface area contributed by atoms with Gasteiger partial charge in [-0.25, -0.2) is 0 Å². The number of fused-ring (bicyclic) bond motifs is 1. The number of hydrogen-bond acceptors (Lipinski definition) is 8. The molecule has 8 nitrogen and oxygen atoms in total. The van der Waals surface area contributed by atoms with Gasteiger partial charge in [0.2, 0.25) is 11.7 Å². The number of ether oxygens (including phenoxy) is 3. The molecule has 0 saturated heterocycles. The summed E-state index contributed by atoms with van der Waals surface area (Å²) in [7, 11) is 3.09. The molecule has 0 heterocycles. The molecule has 0 radical (unpaired) electrons. The molecule has 0 aromatic heterocycles. The van der Waals surface area contributed by atoms with Gasteiger partial charge in [0, 0.05) is 9.82 Å². The van der Waals surface area contributed by atoms with Crippen LogP contribution in [-0.2, 0) is 20.9 Å². The summed E-state index contributed by atoms with van der Waals surface area (Å²) in [5.41, 5.74) is -0.696. The number of carbonyl (C=O) groups is 2. The summed E-state index contributed by atoms with van der Waals surface area (Å²) in [5, 5.41) is 13.1. The molecule has 0 saturated carbocycles. The van der Waals surface area contributed by atoms with Crippen molar-refractivity contribution in [1.29, 1.82) is 0 Å². The van der Waals surface area contributed by atoms with Crippen LogP contribution in [0.25, 0.3) is 10.8 Å². The molecule has 0 bridgehead atoms. The quantitative estimate of drug-likeness (QED) is 0.0695. The molecule has 206 valence electrons. The maximum absolute atomic E-state index is 14.0. The molecular weight excluding hydrogens is 530 g/mol. The molecule has 4 aromatic rings. The van der Waals surface area contributed by atoms with Crippen molar-refractivity contribution < 1.29 is 28.7 Å². The number of nitrogens with zero attached hydrogens (tertiary/aromatic N) is 1. The van der Waals surface area contributed by atoms with Gasteiger partial charge in [-0.3, -0.25) is 19.7 Å². The normalized spacial score (nSPS) is 13.2. The smallest absolute Gasteiger partial charge is 0.321 e. The number of esters is 1.